The number of carbonyl (C=O) groups excluding carboxylic acids is 3. The number of carbonyl (C=O) groups is 3. The van der Waals surface area contributed by atoms with Gasteiger partial charge in [-0.05, 0) is 25.7 Å². The predicted molar refractivity (Wildman–Crippen MR) is 78.2 cm³/mol. The molecule has 0 radical (unpaired) electrons. The third-order valence-electron chi connectivity index (χ3n) is 4.74. The van der Waals surface area contributed by atoms with Gasteiger partial charge in [0.15, 0.2) is 5.78 Å². The van der Waals surface area contributed by atoms with Gasteiger partial charge in [0.25, 0.3) is 0 Å². The number of nitrogens with zero attached hydrogens (tertiary/aromatic N) is 1. The van der Waals surface area contributed by atoms with E-state index in [0.29, 0.717) is 13.0 Å². The van der Waals surface area contributed by atoms with Crippen molar-refractivity contribution >= 4 is 17.6 Å². The first-order valence-electron chi connectivity index (χ1n) is 7.32. The van der Waals surface area contributed by atoms with E-state index in [0.717, 1.165) is 6.42 Å². The Morgan fingerprint density at radius 3 is 2.62 bits per heavy atom. The minimum absolute atomic E-state index is 0.0191. The molecular weight excluding hydrogens is 270 g/mol. The van der Waals surface area contributed by atoms with E-state index in [2.05, 4.69) is 11.9 Å². The summed E-state index contributed by atoms with van der Waals surface area (Å²) in [6.45, 7) is 7.53. The lowest BCUT2D eigenvalue weighted by atomic mass is 10.0. The van der Waals surface area contributed by atoms with Crippen LogP contribution in [0.25, 0.3) is 0 Å². The number of hydrogen-bond acceptors (Lipinski definition) is 4. The van der Waals surface area contributed by atoms with E-state index in [-0.39, 0.29) is 36.0 Å². The molecule has 3 N–H and O–H groups in total. The summed E-state index contributed by atoms with van der Waals surface area (Å²) in [5.74, 6) is -0.517. The number of Topliss-reactive ketones (excluding diaryl/α,β-unsaturated/α-hetero) is 1. The topological polar surface area (TPSA) is 92.5 Å². The summed E-state index contributed by atoms with van der Waals surface area (Å²) in [6.07, 6.45) is 3.05. The monoisotopic (exact) mass is 293 g/mol. The molecule has 0 spiro atoms. The lowest BCUT2D eigenvalue weighted by Gasteiger charge is -2.28. The van der Waals surface area contributed by atoms with Gasteiger partial charge in [0, 0.05) is 12.5 Å². The fourth-order valence-corrected chi connectivity index (χ4v) is 3.25. The highest BCUT2D eigenvalue weighted by atomic mass is 16.2. The maximum absolute atomic E-state index is 12.6. The Hall–Kier alpha value is -1.69. The predicted octanol–water partition coefficient (Wildman–Crippen LogP) is -0.168. The smallest absolute Gasteiger partial charge is 0.243 e. The number of nitrogens with two attached hydrogens (primary N) is 1. The highest BCUT2D eigenvalue weighted by Crippen LogP contribution is 2.45. The second-order valence-corrected chi connectivity index (χ2v) is 6.07. The maximum atomic E-state index is 12.6. The second kappa shape index (κ2) is 5.60. The van der Waals surface area contributed by atoms with Crippen molar-refractivity contribution in [2.45, 2.75) is 38.3 Å². The van der Waals surface area contributed by atoms with E-state index >= 15 is 0 Å². The van der Waals surface area contributed by atoms with Gasteiger partial charge in [-0.3, -0.25) is 14.4 Å². The van der Waals surface area contributed by atoms with Gasteiger partial charge in [0.1, 0.15) is 11.6 Å². The SMILES string of the molecule is C=CC1CC1(NC(=O)C1C(C)CCN1C(=O)CN)C(C)=O. The van der Waals surface area contributed by atoms with Crippen LogP contribution in [0.2, 0.25) is 0 Å². The lowest BCUT2D eigenvalue weighted by Crippen LogP contribution is -2.54. The molecule has 1 heterocycles. The van der Waals surface area contributed by atoms with Gasteiger partial charge in [-0.1, -0.05) is 13.0 Å². The number of rotatable bonds is 5. The zero-order valence-corrected chi connectivity index (χ0v) is 12.6. The van der Waals surface area contributed by atoms with Gasteiger partial charge in [-0.25, -0.2) is 0 Å². The summed E-state index contributed by atoms with van der Waals surface area (Å²) >= 11 is 0. The molecule has 6 heteroatoms. The summed E-state index contributed by atoms with van der Waals surface area (Å²) in [7, 11) is 0. The van der Waals surface area contributed by atoms with Gasteiger partial charge >= 0.3 is 0 Å². The molecule has 2 aliphatic rings. The van der Waals surface area contributed by atoms with E-state index in [1.165, 1.54) is 11.8 Å². The van der Waals surface area contributed by atoms with Crippen LogP contribution in [0.4, 0.5) is 0 Å². The summed E-state index contributed by atoms with van der Waals surface area (Å²) in [5, 5.41) is 2.85. The first-order chi connectivity index (χ1) is 9.87. The number of hydrogen-bond donors (Lipinski definition) is 2. The van der Waals surface area contributed by atoms with Crippen LogP contribution in [-0.4, -0.2) is 47.2 Å². The van der Waals surface area contributed by atoms with Crippen molar-refractivity contribution in [3.8, 4) is 0 Å². The van der Waals surface area contributed by atoms with E-state index < -0.39 is 11.6 Å². The Kier molecular flexibility index (Phi) is 4.18. The Morgan fingerprint density at radius 2 is 2.14 bits per heavy atom. The molecule has 0 aromatic heterocycles. The Bertz CT molecular complexity index is 491. The molecule has 21 heavy (non-hydrogen) atoms. The summed E-state index contributed by atoms with van der Waals surface area (Å²) in [4.78, 5) is 37.8. The molecule has 4 unspecified atom stereocenters. The zero-order valence-electron chi connectivity index (χ0n) is 12.6. The Morgan fingerprint density at radius 1 is 1.48 bits per heavy atom. The van der Waals surface area contributed by atoms with Gasteiger partial charge < -0.3 is 16.0 Å². The molecule has 0 aromatic carbocycles. The zero-order chi connectivity index (χ0) is 15.8. The molecule has 4 atom stereocenters. The van der Waals surface area contributed by atoms with Crippen molar-refractivity contribution in [3.05, 3.63) is 12.7 Å². The summed E-state index contributed by atoms with van der Waals surface area (Å²) < 4.78 is 0. The van der Waals surface area contributed by atoms with Crippen LogP contribution >= 0.6 is 0 Å². The van der Waals surface area contributed by atoms with E-state index in [4.69, 9.17) is 5.73 Å². The molecule has 2 rings (SSSR count). The number of ketones is 1. The van der Waals surface area contributed by atoms with Crippen LogP contribution in [-0.2, 0) is 14.4 Å². The van der Waals surface area contributed by atoms with Crippen LogP contribution in [0.3, 0.4) is 0 Å². The van der Waals surface area contributed by atoms with Crippen molar-refractivity contribution in [1.29, 1.82) is 0 Å². The molecule has 6 nitrogen and oxygen atoms in total. The molecule has 2 amide bonds. The molecular formula is C15H23N3O3. The van der Waals surface area contributed by atoms with Gasteiger partial charge in [0.2, 0.25) is 11.8 Å². The fourth-order valence-electron chi connectivity index (χ4n) is 3.25. The molecule has 1 aliphatic carbocycles. The van der Waals surface area contributed by atoms with E-state index in [9.17, 15) is 14.4 Å². The Balaban J connectivity index is 2.13. The lowest BCUT2D eigenvalue weighted by molar-refractivity contribution is -0.139. The molecule has 1 saturated carbocycles. The molecule has 116 valence electrons. The van der Waals surface area contributed by atoms with Crippen molar-refractivity contribution in [2.24, 2.45) is 17.6 Å². The van der Waals surface area contributed by atoms with E-state index in [1.807, 2.05) is 6.92 Å². The quantitative estimate of drug-likeness (QED) is 0.688. The van der Waals surface area contributed by atoms with Crippen molar-refractivity contribution in [2.75, 3.05) is 13.1 Å². The molecule has 0 bridgehead atoms. The fraction of sp³-hybridized carbons (Fsp3) is 0.667. The Labute approximate surface area is 124 Å². The largest absolute Gasteiger partial charge is 0.341 e. The number of likely N-dealkylation sites (tertiary alicyclic amines) is 1. The van der Waals surface area contributed by atoms with Gasteiger partial charge in [0.05, 0.1) is 6.54 Å². The summed E-state index contributed by atoms with van der Waals surface area (Å²) in [6, 6.07) is -0.539. The summed E-state index contributed by atoms with van der Waals surface area (Å²) in [5.41, 5.74) is 4.58. The molecule has 0 aromatic rings. The van der Waals surface area contributed by atoms with Crippen molar-refractivity contribution in [1.82, 2.24) is 10.2 Å². The minimum atomic E-state index is -0.821. The van der Waals surface area contributed by atoms with Crippen LogP contribution < -0.4 is 11.1 Å². The average Bonchev–Trinajstić information content (AvgIpc) is 3.03. The minimum Gasteiger partial charge on any atom is -0.341 e. The normalized spacial score (nSPS) is 34.4. The van der Waals surface area contributed by atoms with Crippen LogP contribution in [0.1, 0.15) is 26.7 Å². The molecule has 2 fully saturated rings. The van der Waals surface area contributed by atoms with Crippen LogP contribution in [0.15, 0.2) is 12.7 Å². The maximum Gasteiger partial charge on any atom is 0.243 e. The molecule has 1 aliphatic heterocycles. The van der Waals surface area contributed by atoms with Crippen molar-refractivity contribution < 1.29 is 14.4 Å². The van der Waals surface area contributed by atoms with Crippen molar-refractivity contribution in [3.63, 3.8) is 0 Å². The highest BCUT2D eigenvalue weighted by molar-refractivity contribution is 5.97. The van der Waals surface area contributed by atoms with E-state index in [1.54, 1.807) is 6.08 Å². The third-order valence-corrected chi connectivity index (χ3v) is 4.74. The first-order valence-corrected chi connectivity index (χ1v) is 7.32. The van der Waals surface area contributed by atoms with Gasteiger partial charge in [-0.15, -0.1) is 6.58 Å². The van der Waals surface area contributed by atoms with Crippen LogP contribution in [0.5, 0.6) is 0 Å². The second-order valence-electron chi connectivity index (χ2n) is 6.07. The molecule has 1 saturated heterocycles. The van der Waals surface area contributed by atoms with Crippen LogP contribution in [0, 0.1) is 11.8 Å². The number of amides is 2. The third kappa shape index (κ3) is 2.60. The highest BCUT2D eigenvalue weighted by Gasteiger charge is 2.58. The average molecular weight is 293 g/mol. The standard InChI is InChI=1S/C15H23N3O3/c1-4-11-7-15(11,10(3)19)17-14(21)13-9(2)5-6-18(13)12(20)8-16/h4,9,11,13H,1,5-8,16H2,2-3H3,(H,17,21). The number of nitrogens with one attached hydrogen (secondary N) is 1. The first kappa shape index (κ1) is 15.7. The van der Waals surface area contributed by atoms with Gasteiger partial charge in [-0.2, -0.15) is 0 Å².